The second-order valence-corrected chi connectivity index (χ2v) is 6.85. The molecule has 7 nitrogen and oxygen atoms in total. The van der Waals surface area contributed by atoms with Gasteiger partial charge in [0.2, 0.25) is 5.91 Å². The van der Waals surface area contributed by atoms with Crippen molar-refractivity contribution in [2.45, 2.75) is 32.9 Å². The number of nitrogens with zero attached hydrogens (tertiary/aromatic N) is 2. The van der Waals surface area contributed by atoms with Gasteiger partial charge in [0, 0.05) is 24.2 Å². The highest BCUT2D eigenvalue weighted by Crippen LogP contribution is 2.10. The zero-order valence-electron chi connectivity index (χ0n) is 14.4. The van der Waals surface area contributed by atoms with Gasteiger partial charge in [0.05, 0.1) is 13.1 Å². The van der Waals surface area contributed by atoms with Crippen LogP contribution in [0.15, 0.2) is 29.3 Å². The Morgan fingerprint density at radius 3 is 2.58 bits per heavy atom. The van der Waals surface area contributed by atoms with Gasteiger partial charge in [-0.25, -0.2) is 4.99 Å². The molecule has 24 heavy (non-hydrogen) atoms. The van der Waals surface area contributed by atoms with Crippen LogP contribution in [0.3, 0.4) is 0 Å². The van der Waals surface area contributed by atoms with E-state index in [2.05, 4.69) is 15.6 Å². The molecule has 130 valence electrons. The van der Waals surface area contributed by atoms with Crippen LogP contribution in [-0.4, -0.2) is 47.8 Å². The van der Waals surface area contributed by atoms with Crippen molar-refractivity contribution in [3.8, 4) is 0 Å². The van der Waals surface area contributed by atoms with E-state index in [4.69, 9.17) is 5.73 Å². The summed E-state index contributed by atoms with van der Waals surface area (Å²) in [7, 11) is 0. The summed E-state index contributed by atoms with van der Waals surface area (Å²) in [5.74, 6) is 0.137. The fourth-order valence-electron chi connectivity index (χ4n) is 2.35. The lowest BCUT2D eigenvalue weighted by Gasteiger charge is -2.26. The van der Waals surface area contributed by atoms with Crippen LogP contribution in [0.4, 0.5) is 0 Å². The van der Waals surface area contributed by atoms with Gasteiger partial charge in [0.25, 0.3) is 5.91 Å². The van der Waals surface area contributed by atoms with Crippen LogP contribution in [0.25, 0.3) is 0 Å². The molecule has 0 radical (unpaired) electrons. The molecule has 1 aromatic carbocycles. The van der Waals surface area contributed by atoms with E-state index in [1.807, 2.05) is 32.9 Å². The van der Waals surface area contributed by atoms with E-state index >= 15 is 0 Å². The first-order valence-corrected chi connectivity index (χ1v) is 7.97. The second-order valence-electron chi connectivity index (χ2n) is 6.85. The van der Waals surface area contributed by atoms with E-state index in [-0.39, 0.29) is 23.9 Å². The predicted molar refractivity (Wildman–Crippen MR) is 93.6 cm³/mol. The standard InChI is InChI=1S/C17H25N5O2/c1-17(2,3)21-16(18)20-10-12-4-6-13(7-5-12)15(24)22-9-8-19-14(23)11-22/h4-7H,8-11H2,1-3H3,(H,19,23)(H3,18,20,21). The molecule has 0 saturated carbocycles. The lowest BCUT2D eigenvalue weighted by molar-refractivity contribution is -0.123. The molecule has 0 spiro atoms. The first-order chi connectivity index (χ1) is 11.2. The molecule has 4 N–H and O–H groups in total. The summed E-state index contributed by atoms with van der Waals surface area (Å²) in [6.45, 7) is 7.61. The van der Waals surface area contributed by atoms with Gasteiger partial charge in [0.1, 0.15) is 0 Å². The van der Waals surface area contributed by atoms with E-state index in [0.29, 0.717) is 31.2 Å². The van der Waals surface area contributed by atoms with Crippen molar-refractivity contribution in [2.24, 2.45) is 10.7 Å². The first kappa shape index (κ1) is 17.8. The Labute approximate surface area is 142 Å². The molecule has 0 bridgehead atoms. The summed E-state index contributed by atoms with van der Waals surface area (Å²) >= 11 is 0. The average molecular weight is 331 g/mol. The molecule has 7 heteroatoms. The largest absolute Gasteiger partial charge is 0.370 e. The minimum Gasteiger partial charge on any atom is -0.370 e. The van der Waals surface area contributed by atoms with Crippen molar-refractivity contribution in [3.05, 3.63) is 35.4 Å². The molecular formula is C17H25N5O2. The van der Waals surface area contributed by atoms with Gasteiger partial charge in [0.15, 0.2) is 5.96 Å². The van der Waals surface area contributed by atoms with Crippen LogP contribution in [0.2, 0.25) is 0 Å². The summed E-state index contributed by atoms with van der Waals surface area (Å²) < 4.78 is 0. The van der Waals surface area contributed by atoms with Gasteiger partial charge in [-0.15, -0.1) is 0 Å². The van der Waals surface area contributed by atoms with E-state index in [1.165, 1.54) is 0 Å². The van der Waals surface area contributed by atoms with Gasteiger partial charge in [-0.3, -0.25) is 9.59 Å². The monoisotopic (exact) mass is 331 g/mol. The zero-order valence-corrected chi connectivity index (χ0v) is 14.4. The maximum Gasteiger partial charge on any atom is 0.254 e. The average Bonchev–Trinajstić information content (AvgIpc) is 2.51. The normalized spacial score (nSPS) is 15.9. The third-order valence-corrected chi connectivity index (χ3v) is 3.46. The number of piperazine rings is 1. The number of hydrogen-bond donors (Lipinski definition) is 3. The summed E-state index contributed by atoms with van der Waals surface area (Å²) in [4.78, 5) is 29.6. The van der Waals surface area contributed by atoms with Crippen LogP contribution in [0.1, 0.15) is 36.7 Å². The SMILES string of the molecule is CC(C)(C)NC(N)=NCc1ccc(C(=O)N2CCNC(=O)C2)cc1. The Balaban J connectivity index is 1.96. The molecule has 0 atom stereocenters. The predicted octanol–water partition coefficient (Wildman–Crippen LogP) is 0.461. The summed E-state index contributed by atoms with van der Waals surface area (Å²) in [5.41, 5.74) is 7.23. The van der Waals surface area contributed by atoms with Crippen LogP contribution < -0.4 is 16.4 Å². The minimum atomic E-state index is -0.134. The molecule has 0 aliphatic carbocycles. The number of amides is 2. The Hall–Kier alpha value is -2.57. The molecule has 0 unspecified atom stereocenters. The number of aliphatic imine (C=N–C) groups is 1. The van der Waals surface area contributed by atoms with Gasteiger partial charge < -0.3 is 21.3 Å². The van der Waals surface area contributed by atoms with Crippen LogP contribution in [-0.2, 0) is 11.3 Å². The van der Waals surface area contributed by atoms with Crippen molar-refractivity contribution in [3.63, 3.8) is 0 Å². The number of carbonyl (C=O) groups excluding carboxylic acids is 2. The molecular weight excluding hydrogens is 306 g/mol. The number of nitrogens with one attached hydrogen (secondary N) is 2. The molecule has 1 heterocycles. The van der Waals surface area contributed by atoms with E-state index in [1.54, 1.807) is 17.0 Å². The quantitative estimate of drug-likeness (QED) is 0.553. The number of nitrogens with two attached hydrogens (primary N) is 1. The van der Waals surface area contributed by atoms with E-state index in [0.717, 1.165) is 5.56 Å². The highest BCUT2D eigenvalue weighted by Gasteiger charge is 2.22. The second kappa shape index (κ2) is 7.33. The summed E-state index contributed by atoms with van der Waals surface area (Å²) in [6, 6.07) is 7.22. The molecule has 2 rings (SSSR count). The Bertz CT molecular complexity index is 631. The molecule has 1 aliphatic rings. The van der Waals surface area contributed by atoms with Gasteiger partial charge in [-0.1, -0.05) is 12.1 Å². The number of guanidine groups is 1. The van der Waals surface area contributed by atoms with Crippen molar-refractivity contribution in [1.29, 1.82) is 0 Å². The molecule has 1 aliphatic heterocycles. The van der Waals surface area contributed by atoms with Crippen LogP contribution >= 0.6 is 0 Å². The first-order valence-electron chi connectivity index (χ1n) is 7.97. The third-order valence-electron chi connectivity index (χ3n) is 3.46. The third kappa shape index (κ3) is 5.26. The lowest BCUT2D eigenvalue weighted by atomic mass is 10.1. The topological polar surface area (TPSA) is 99.8 Å². The Morgan fingerprint density at radius 1 is 1.33 bits per heavy atom. The number of rotatable bonds is 3. The van der Waals surface area contributed by atoms with Crippen molar-refractivity contribution >= 4 is 17.8 Å². The maximum absolute atomic E-state index is 12.4. The number of hydrogen-bond acceptors (Lipinski definition) is 3. The van der Waals surface area contributed by atoms with E-state index in [9.17, 15) is 9.59 Å². The van der Waals surface area contributed by atoms with Crippen LogP contribution in [0.5, 0.6) is 0 Å². The Morgan fingerprint density at radius 2 is 2.00 bits per heavy atom. The van der Waals surface area contributed by atoms with Gasteiger partial charge in [-0.05, 0) is 38.5 Å². The minimum absolute atomic E-state index is 0.111. The smallest absolute Gasteiger partial charge is 0.254 e. The van der Waals surface area contributed by atoms with Crippen molar-refractivity contribution in [1.82, 2.24) is 15.5 Å². The molecule has 0 aromatic heterocycles. The molecule has 1 saturated heterocycles. The fraction of sp³-hybridized carbons (Fsp3) is 0.471. The summed E-state index contributed by atoms with van der Waals surface area (Å²) in [6.07, 6.45) is 0. The van der Waals surface area contributed by atoms with Crippen molar-refractivity contribution < 1.29 is 9.59 Å². The van der Waals surface area contributed by atoms with Crippen molar-refractivity contribution in [2.75, 3.05) is 19.6 Å². The maximum atomic E-state index is 12.4. The molecule has 1 aromatic rings. The lowest BCUT2D eigenvalue weighted by Crippen LogP contribution is -2.49. The number of benzene rings is 1. The number of carbonyl (C=O) groups is 2. The zero-order chi connectivity index (χ0) is 17.7. The van der Waals surface area contributed by atoms with E-state index < -0.39 is 0 Å². The Kier molecular flexibility index (Phi) is 5.43. The molecule has 1 fully saturated rings. The highest BCUT2D eigenvalue weighted by atomic mass is 16.2. The summed E-state index contributed by atoms with van der Waals surface area (Å²) in [5, 5.41) is 5.80. The fourth-order valence-corrected chi connectivity index (χ4v) is 2.35. The van der Waals surface area contributed by atoms with Gasteiger partial charge in [-0.2, -0.15) is 0 Å². The van der Waals surface area contributed by atoms with Gasteiger partial charge >= 0.3 is 0 Å². The molecule has 2 amide bonds. The highest BCUT2D eigenvalue weighted by molar-refractivity contribution is 5.97. The van der Waals surface area contributed by atoms with Crippen LogP contribution in [0, 0.1) is 0 Å².